The van der Waals surface area contributed by atoms with Crippen LogP contribution in [0.4, 0.5) is 5.69 Å². The van der Waals surface area contributed by atoms with Gasteiger partial charge in [0.25, 0.3) is 0 Å². The van der Waals surface area contributed by atoms with Crippen molar-refractivity contribution in [3.8, 4) is 11.3 Å². The van der Waals surface area contributed by atoms with Crippen molar-refractivity contribution >= 4 is 17.5 Å². The molecule has 0 radical (unpaired) electrons. The Balaban J connectivity index is 1.51. The Bertz CT molecular complexity index is 907. The highest BCUT2D eigenvalue weighted by Crippen LogP contribution is 2.25. The van der Waals surface area contributed by atoms with Gasteiger partial charge < -0.3 is 10.6 Å². The molecule has 2 heterocycles. The summed E-state index contributed by atoms with van der Waals surface area (Å²) < 4.78 is 1.65. The van der Waals surface area contributed by atoms with Crippen molar-refractivity contribution in [2.75, 3.05) is 11.9 Å². The van der Waals surface area contributed by atoms with E-state index in [4.69, 9.17) is 0 Å². The molecule has 0 aliphatic heterocycles. The first-order valence-electron chi connectivity index (χ1n) is 8.66. The summed E-state index contributed by atoms with van der Waals surface area (Å²) in [6, 6.07) is 13.2. The number of hydrogen-bond donors (Lipinski definition) is 2. The van der Waals surface area contributed by atoms with Crippen LogP contribution in [0, 0.1) is 0 Å². The van der Waals surface area contributed by atoms with Gasteiger partial charge in [0.2, 0.25) is 11.8 Å². The van der Waals surface area contributed by atoms with Gasteiger partial charge in [-0.25, -0.2) is 0 Å². The Hall–Kier alpha value is -3.48. The molecule has 0 saturated carbocycles. The van der Waals surface area contributed by atoms with Crippen molar-refractivity contribution < 1.29 is 9.59 Å². The number of carbonyl (C=O) groups excluding carboxylic acids is 2. The number of rotatable bonds is 7. The molecular formula is C20H21N5O2. The summed E-state index contributed by atoms with van der Waals surface area (Å²) in [5, 5.41) is 10.0. The van der Waals surface area contributed by atoms with Crippen LogP contribution in [0.15, 0.2) is 61.1 Å². The molecule has 0 saturated heterocycles. The van der Waals surface area contributed by atoms with Crippen molar-refractivity contribution in [1.82, 2.24) is 20.1 Å². The first-order chi connectivity index (χ1) is 13.1. The van der Waals surface area contributed by atoms with Crippen molar-refractivity contribution in [3.63, 3.8) is 0 Å². The zero-order chi connectivity index (χ0) is 19.1. The first kappa shape index (κ1) is 18.3. The summed E-state index contributed by atoms with van der Waals surface area (Å²) in [7, 11) is 1.80. The summed E-state index contributed by atoms with van der Waals surface area (Å²) in [6.45, 7) is 0.280. The molecule has 2 amide bonds. The maximum atomic E-state index is 12.2. The van der Waals surface area contributed by atoms with E-state index in [1.54, 1.807) is 30.3 Å². The number of nitrogens with one attached hydrogen (secondary N) is 2. The Labute approximate surface area is 157 Å². The first-order valence-corrected chi connectivity index (χ1v) is 8.66. The number of benzene rings is 1. The van der Waals surface area contributed by atoms with E-state index in [9.17, 15) is 9.59 Å². The van der Waals surface area contributed by atoms with Gasteiger partial charge in [-0.15, -0.1) is 0 Å². The standard InChI is InChI=1S/C20H21N5O2/c1-25-14-17(20(24-25)16-7-10-21-11-8-16)23-18(26)9-12-22-19(27)13-15-5-3-2-4-6-15/h2-8,10-11,14H,9,12-13H2,1H3,(H,22,27)(H,23,26). The van der Waals surface area contributed by atoms with Gasteiger partial charge in [0.15, 0.2) is 0 Å². The largest absolute Gasteiger partial charge is 0.355 e. The number of carbonyl (C=O) groups is 2. The molecular weight excluding hydrogens is 342 g/mol. The van der Waals surface area contributed by atoms with Crippen LogP contribution in [0.5, 0.6) is 0 Å². The topological polar surface area (TPSA) is 88.9 Å². The number of nitrogens with zero attached hydrogens (tertiary/aromatic N) is 3. The third-order valence-electron chi connectivity index (χ3n) is 3.94. The lowest BCUT2D eigenvalue weighted by Gasteiger charge is -2.07. The number of amides is 2. The summed E-state index contributed by atoms with van der Waals surface area (Å²) in [6.07, 6.45) is 5.60. The molecule has 0 aliphatic carbocycles. The molecule has 138 valence electrons. The van der Waals surface area contributed by atoms with E-state index in [2.05, 4.69) is 20.7 Å². The highest BCUT2D eigenvalue weighted by atomic mass is 16.2. The summed E-state index contributed by atoms with van der Waals surface area (Å²) in [5.74, 6) is -0.286. The van der Waals surface area contributed by atoms with Crippen LogP contribution in [0.3, 0.4) is 0 Å². The van der Waals surface area contributed by atoms with Crippen LogP contribution in [0.1, 0.15) is 12.0 Å². The molecule has 7 heteroatoms. The Morgan fingerprint density at radius 2 is 1.78 bits per heavy atom. The average molecular weight is 363 g/mol. The number of aryl methyl sites for hydroxylation is 1. The molecule has 0 spiro atoms. The van der Waals surface area contributed by atoms with E-state index in [0.717, 1.165) is 11.1 Å². The van der Waals surface area contributed by atoms with Crippen LogP contribution >= 0.6 is 0 Å². The highest BCUT2D eigenvalue weighted by Gasteiger charge is 2.13. The van der Waals surface area contributed by atoms with Crippen molar-refractivity contribution in [3.05, 3.63) is 66.6 Å². The van der Waals surface area contributed by atoms with Crippen LogP contribution in [0.25, 0.3) is 11.3 Å². The van der Waals surface area contributed by atoms with Crippen molar-refractivity contribution in [1.29, 1.82) is 0 Å². The van der Waals surface area contributed by atoms with E-state index in [0.29, 0.717) is 17.8 Å². The van der Waals surface area contributed by atoms with E-state index >= 15 is 0 Å². The highest BCUT2D eigenvalue weighted by molar-refractivity contribution is 5.94. The SMILES string of the molecule is Cn1cc(NC(=O)CCNC(=O)Cc2ccccc2)c(-c2ccncc2)n1. The maximum absolute atomic E-state index is 12.2. The Kier molecular flexibility index (Phi) is 5.94. The second-order valence-corrected chi connectivity index (χ2v) is 6.11. The number of anilines is 1. The van der Waals surface area contributed by atoms with Crippen molar-refractivity contribution in [2.24, 2.45) is 7.05 Å². The molecule has 0 aliphatic rings. The maximum Gasteiger partial charge on any atom is 0.226 e. The number of pyridine rings is 1. The normalized spacial score (nSPS) is 10.4. The second kappa shape index (κ2) is 8.75. The zero-order valence-corrected chi connectivity index (χ0v) is 15.1. The van der Waals surface area contributed by atoms with Gasteiger partial charge in [0.1, 0.15) is 5.69 Å². The molecule has 0 atom stereocenters. The fourth-order valence-electron chi connectivity index (χ4n) is 2.67. The summed E-state index contributed by atoms with van der Waals surface area (Å²) in [5.41, 5.74) is 3.12. The Morgan fingerprint density at radius 1 is 1.04 bits per heavy atom. The van der Waals surface area contributed by atoms with E-state index in [1.807, 2.05) is 42.5 Å². The second-order valence-electron chi connectivity index (χ2n) is 6.11. The third-order valence-corrected chi connectivity index (χ3v) is 3.94. The molecule has 0 bridgehead atoms. The van der Waals surface area contributed by atoms with Crippen LogP contribution in [-0.2, 0) is 23.1 Å². The lowest BCUT2D eigenvalue weighted by atomic mass is 10.1. The molecule has 3 rings (SSSR count). The number of hydrogen-bond acceptors (Lipinski definition) is 4. The predicted molar refractivity (Wildman–Crippen MR) is 103 cm³/mol. The molecule has 3 aromatic rings. The molecule has 0 fully saturated rings. The van der Waals surface area contributed by atoms with Crippen molar-refractivity contribution in [2.45, 2.75) is 12.8 Å². The molecule has 1 aromatic carbocycles. The minimum Gasteiger partial charge on any atom is -0.355 e. The Morgan fingerprint density at radius 3 is 2.52 bits per heavy atom. The summed E-state index contributed by atoms with van der Waals surface area (Å²) in [4.78, 5) is 28.2. The van der Waals surface area contributed by atoms with Crippen LogP contribution in [0.2, 0.25) is 0 Å². The monoisotopic (exact) mass is 363 g/mol. The van der Waals surface area contributed by atoms with Crippen LogP contribution < -0.4 is 10.6 Å². The average Bonchev–Trinajstić information content (AvgIpc) is 3.03. The van der Waals surface area contributed by atoms with Gasteiger partial charge in [-0.05, 0) is 17.7 Å². The molecule has 0 unspecified atom stereocenters. The molecule has 2 N–H and O–H groups in total. The van der Waals surface area contributed by atoms with E-state index in [1.165, 1.54) is 0 Å². The third kappa shape index (κ3) is 5.24. The van der Waals surface area contributed by atoms with E-state index in [-0.39, 0.29) is 24.8 Å². The van der Waals surface area contributed by atoms with Gasteiger partial charge in [-0.3, -0.25) is 19.3 Å². The smallest absolute Gasteiger partial charge is 0.226 e. The van der Waals surface area contributed by atoms with E-state index < -0.39 is 0 Å². The quantitative estimate of drug-likeness (QED) is 0.673. The number of aromatic nitrogens is 3. The minimum atomic E-state index is -0.182. The molecule has 2 aromatic heterocycles. The lowest BCUT2D eigenvalue weighted by molar-refractivity contribution is -0.120. The fraction of sp³-hybridized carbons (Fsp3) is 0.200. The van der Waals surface area contributed by atoms with Gasteiger partial charge in [-0.2, -0.15) is 5.10 Å². The van der Waals surface area contributed by atoms with Gasteiger partial charge in [-0.1, -0.05) is 30.3 Å². The fourth-order valence-corrected chi connectivity index (χ4v) is 2.67. The van der Waals surface area contributed by atoms with Crippen LogP contribution in [-0.4, -0.2) is 33.1 Å². The van der Waals surface area contributed by atoms with Gasteiger partial charge in [0, 0.05) is 44.2 Å². The molecule has 7 nitrogen and oxygen atoms in total. The predicted octanol–water partition coefficient (Wildman–Crippen LogP) is 2.17. The lowest BCUT2D eigenvalue weighted by Crippen LogP contribution is -2.28. The zero-order valence-electron chi connectivity index (χ0n) is 15.1. The molecule has 27 heavy (non-hydrogen) atoms. The summed E-state index contributed by atoms with van der Waals surface area (Å²) >= 11 is 0. The minimum absolute atomic E-state index is 0.104. The van der Waals surface area contributed by atoms with Gasteiger partial charge in [0.05, 0.1) is 12.1 Å². The van der Waals surface area contributed by atoms with Gasteiger partial charge >= 0.3 is 0 Å².